The Morgan fingerprint density at radius 2 is 2.26 bits per heavy atom. The van der Waals surface area contributed by atoms with Crippen LogP contribution in [0.2, 0.25) is 0 Å². The molecule has 1 aliphatic heterocycles. The topological polar surface area (TPSA) is 57.9 Å². The van der Waals surface area contributed by atoms with Crippen LogP contribution in [-0.2, 0) is 6.54 Å². The van der Waals surface area contributed by atoms with Gasteiger partial charge in [-0.3, -0.25) is 10.00 Å². The lowest BCUT2D eigenvalue weighted by atomic mass is 9.97. The number of nitrogens with zero attached hydrogens (tertiary/aromatic N) is 2. The maximum Gasteiger partial charge on any atom is 0.0703 e. The number of rotatable bonds is 4. The van der Waals surface area contributed by atoms with E-state index < -0.39 is 0 Å². The van der Waals surface area contributed by atoms with Gasteiger partial charge in [-0.1, -0.05) is 0 Å². The van der Waals surface area contributed by atoms with E-state index in [4.69, 9.17) is 5.73 Å². The molecule has 0 bridgehead atoms. The van der Waals surface area contributed by atoms with E-state index in [1.807, 2.05) is 6.20 Å². The number of hydrogen-bond acceptors (Lipinski definition) is 4. The van der Waals surface area contributed by atoms with Gasteiger partial charge in [0.05, 0.1) is 11.9 Å². The molecule has 3 N–H and O–H groups in total. The number of nitrogens with two attached hydrogens (primary N) is 1. The second-order valence-corrected chi connectivity index (χ2v) is 6.02. The minimum absolute atomic E-state index is 0.719. The first-order valence-corrected chi connectivity index (χ1v) is 7.78. The number of likely N-dealkylation sites (tertiary alicyclic amines) is 1. The Labute approximate surface area is 117 Å². The van der Waals surface area contributed by atoms with Crippen LogP contribution >= 0.6 is 11.3 Å². The number of aromatic nitrogens is 2. The number of aromatic amines is 1. The average Bonchev–Trinajstić information content (AvgIpc) is 3.10. The van der Waals surface area contributed by atoms with E-state index in [9.17, 15) is 0 Å². The molecule has 2 aromatic heterocycles. The van der Waals surface area contributed by atoms with Crippen molar-refractivity contribution in [2.75, 3.05) is 19.6 Å². The number of nitrogens with one attached hydrogen (secondary N) is 1. The van der Waals surface area contributed by atoms with Crippen molar-refractivity contribution in [3.8, 4) is 11.3 Å². The second-order valence-electron chi connectivity index (χ2n) is 5.24. The monoisotopic (exact) mass is 276 g/mol. The molecule has 0 amide bonds. The number of hydrogen-bond donors (Lipinski definition) is 2. The molecule has 1 fully saturated rings. The molecule has 0 saturated carbocycles. The van der Waals surface area contributed by atoms with Gasteiger partial charge in [-0.05, 0) is 49.8 Å². The molecule has 1 aliphatic rings. The quantitative estimate of drug-likeness (QED) is 0.901. The minimum atomic E-state index is 0.719. The summed E-state index contributed by atoms with van der Waals surface area (Å²) >= 11 is 1.72. The summed E-state index contributed by atoms with van der Waals surface area (Å²) in [5.41, 5.74) is 9.45. The molecular formula is C14H20N4S. The Kier molecular flexibility index (Phi) is 3.96. The Morgan fingerprint density at radius 1 is 1.42 bits per heavy atom. The zero-order valence-electron chi connectivity index (χ0n) is 11.0. The fourth-order valence-corrected chi connectivity index (χ4v) is 3.36. The lowest BCUT2D eigenvalue weighted by molar-refractivity contribution is 0.180. The van der Waals surface area contributed by atoms with Crippen molar-refractivity contribution >= 4 is 11.3 Å². The van der Waals surface area contributed by atoms with Gasteiger partial charge in [-0.25, -0.2) is 0 Å². The Balaban J connectivity index is 1.66. The fraction of sp³-hybridized carbons (Fsp3) is 0.500. The Hall–Kier alpha value is -1.17. The molecule has 4 nitrogen and oxygen atoms in total. The van der Waals surface area contributed by atoms with E-state index in [-0.39, 0.29) is 0 Å². The van der Waals surface area contributed by atoms with Crippen molar-refractivity contribution in [2.24, 2.45) is 11.7 Å². The molecular weight excluding hydrogens is 256 g/mol. The molecule has 0 aromatic carbocycles. The third-order valence-electron chi connectivity index (χ3n) is 3.96. The summed E-state index contributed by atoms with van der Waals surface area (Å²) in [6.45, 7) is 4.12. The van der Waals surface area contributed by atoms with E-state index in [0.717, 1.165) is 32.1 Å². The summed E-state index contributed by atoms with van der Waals surface area (Å²) < 4.78 is 0. The van der Waals surface area contributed by atoms with Gasteiger partial charge in [0.1, 0.15) is 0 Å². The molecule has 19 heavy (non-hydrogen) atoms. The first kappa shape index (κ1) is 12.8. The van der Waals surface area contributed by atoms with E-state index in [1.54, 1.807) is 11.3 Å². The number of H-pyrrole nitrogens is 1. The molecule has 0 unspecified atom stereocenters. The largest absolute Gasteiger partial charge is 0.330 e. The van der Waals surface area contributed by atoms with Crippen LogP contribution in [0.1, 0.15) is 18.4 Å². The zero-order chi connectivity index (χ0) is 13.1. The van der Waals surface area contributed by atoms with Gasteiger partial charge in [-0.15, -0.1) is 0 Å². The predicted molar refractivity (Wildman–Crippen MR) is 79.0 cm³/mol. The smallest absolute Gasteiger partial charge is 0.0703 e. The van der Waals surface area contributed by atoms with Crippen molar-refractivity contribution < 1.29 is 0 Å². The van der Waals surface area contributed by atoms with Crippen molar-refractivity contribution in [1.29, 1.82) is 0 Å². The highest BCUT2D eigenvalue weighted by molar-refractivity contribution is 7.08. The van der Waals surface area contributed by atoms with Gasteiger partial charge in [0.15, 0.2) is 0 Å². The molecule has 5 heteroatoms. The SMILES string of the molecule is NCC1CCN(Cc2cn[nH]c2-c2ccsc2)CC1. The number of thiophene rings is 1. The van der Waals surface area contributed by atoms with Crippen LogP contribution in [0, 0.1) is 5.92 Å². The third-order valence-corrected chi connectivity index (χ3v) is 4.65. The molecule has 0 atom stereocenters. The van der Waals surface area contributed by atoms with Crippen molar-refractivity contribution in [3.63, 3.8) is 0 Å². The minimum Gasteiger partial charge on any atom is -0.330 e. The lowest BCUT2D eigenvalue weighted by Gasteiger charge is -2.31. The van der Waals surface area contributed by atoms with Gasteiger partial charge in [0, 0.05) is 23.1 Å². The maximum atomic E-state index is 5.74. The number of piperidine rings is 1. The molecule has 0 radical (unpaired) electrons. The maximum absolute atomic E-state index is 5.74. The summed E-state index contributed by atoms with van der Waals surface area (Å²) in [6.07, 6.45) is 4.41. The lowest BCUT2D eigenvalue weighted by Crippen LogP contribution is -2.35. The van der Waals surface area contributed by atoms with Crippen LogP contribution < -0.4 is 5.73 Å². The summed E-state index contributed by atoms with van der Waals surface area (Å²) in [5.74, 6) is 0.719. The van der Waals surface area contributed by atoms with Crippen molar-refractivity contribution in [3.05, 3.63) is 28.6 Å². The first-order valence-electron chi connectivity index (χ1n) is 6.84. The molecule has 3 rings (SSSR count). The molecule has 0 spiro atoms. The van der Waals surface area contributed by atoms with E-state index in [0.29, 0.717) is 0 Å². The van der Waals surface area contributed by atoms with Gasteiger partial charge in [0.2, 0.25) is 0 Å². The predicted octanol–water partition coefficient (Wildman–Crippen LogP) is 2.31. The fourth-order valence-electron chi connectivity index (χ4n) is 2.71. The summed E-state index contributed by atoms with van der Waals surface area (Å²) in [4.78, 5) is 2.51. The first-order chi connectivity index (χ1) is 9.36. The van der Waals surface area contributed by atoms with E-state index >= 15 is 0 Å². The van der Waals surface area contributed by atoms with Gasteiger partial charge < -0.3 is 5.73 Å². The van der Waals surface area contributed by atoms with Crippen LogP contribution in [0.25, 0.3) is 11.3 Å². The average molecular weight is 276 g/mol. The summed E-state index contributed by atoms with van der Waals surface area (Å²) in [6, 6.07) is 2.14. The van der Waals surface area contributed by atoms with E-state index in [2.05, 4.69) is 31.9 Å². The highest BCUT2D eigenvalue weighted by Crippen LogP contribution is 2.25. The Morgan fingerprint density at radius 3 is 2.95 bits per heavy atom. The van der Waals surface area contributed by atoms with Gasteiger partial charge in [-0.2, -0.15) is 16.4 Å². The van der Waals surface area contributed by atoms with Crippen molar-refractivity contribution in [1.82, 2.24) is 15.1 Å². The van der Waals surface area contributed by atoms with Gasteiger partial charge in [0.25, 0.3) is 0 Å². The van der Waals surface area contributed by atoms with Gasteiger partial charge >= 0.3 is 0 Å². The zero-order valence-corrected chi connectivity index (χ0v) is 11.8. The van der Waals surface area contributed by atoms with Crippen LogP contribution in [0.5, 0.6) is 0 Å². The Bertz CT molecular complexity index is 497. The normalized spacial score (nSPS) is 17.9. The summed E-state index contributed by atoms with van der Waals surface area (Å²) in [5, 5.41) is 11.6. The molecule has 2 aromatic rings. The molecule has 102 valence electrons. The standard InChI is InChI=1S/C14H20N4S/c15-7-11-1-4-18(5-2-11)9-13-8-16-17-14(13)12-3-6-19-10-12/h3,6,8,10-11H,1-2,4-5,7,9,15H2,(H,16,17). The van der Waals surface area contributed by atoms with Crippen molar-refractivity contribution in [2.45, 2.75) is 19.4 Å². The molecule has 0 aliphatic carbocycles. The highest BCUT2D eigenvalue weighted by Gasteiger charge is 2.19. The highest BCUT2D eigenvalue weighted by atomic mass is 32.1. The molecule has 3 heterocycles. The molecule has 1 saturated heterocycles. The van der Waals surface area contributed by atoms with Crippen LogP contribution in [0.3, 0.4) is 0 Å². The van der Waals surface area contributed by atoms with Crippen LogP contribution in [0.15, 0.2) is 23.0 Å². The third kappa shape index (κ3) is 2.88. The van der Waals surface area contributed by atoms with Crippen LogP contribution in [0.4, 0.5) is 0 Å². The summed E-state index contributed by atoms with van der Waals surface area (Å²) in [7, 11) is 0. The second kappa shape index (κ2) is 5.86. The van der Waals surface area contributed by atoms with Crippen LogP contribution in [-0.4, -0.2) is 34.7 Å². The van der Waals surface area contributed by atoms with E-state index in [1.165, 1.54) is 29.7 Å².